The molecule has 0 fully saturated rings. The van der Waals surface area contributed by atoms with Crippen molar-refractivity contribution in [2.75, 3.05) is 12.4 Å². The lowest BCUT2D eigenvalue weighted by Crippen LogP contribution is -2.19. The van der Waals surface area contributed by atoms with E-state index in [0.717, 1.165) is 24.9 Å². The van der Waals surface area contributed by atoms with Gasteiger partial charge in [-0.25, -0.2) is 0 Å². The number of ether oxygens (including phenoxy) is 1. The fourth-order valence-corrected chi connectivity index (χ4v) is 4.33. The summed E-state index contributed by atoms with van der Waals surface area (Å²) in [6.45, 7) is 5.06. The minimum Gasteiger partial charge on any atom is -0.491 e. The van der Waals surface area contributed by atoms with E-state index in [9.17, 15) is 0 Å². The molecule has 0 saturated carbocycles. The van der Waals surface area contributed by atoms with E-state index in [-0.39, 0.29) is 0 Å². The normalized spacial score (nSPS) is 12.9. The maximum absolute atomic E-state index is 5.87. The molecule has 5 heteroatoms. The van der Waals surface area contributed by atoms with Crippen LogP contribution in [0.4, 0.5) is 0 Å². The van der Waals surface area contributed by atoms with Crippen molar-refractivity contribution in [3.63, 3.8) is 0 Å². The number of halogens is 3. The van der Waals surface area contributed by atoms with Gasteiger partial charge in [0.15, 0.2) is 0 Å². The number of hydrogen-bond acceptors (Lipinski definition) is 2. The quantitative estimate of drug-likeness (QED) is 0.583. The van der Waals surface area contributed by atoms with E-state index in [1.165, 1.54) is 0 Å². The van der Waals surface area contributed by atoms with E-state index in [1.54, 1.807) is 0 Å². The van der Waals surface area contributed by atoms with Crippen LogP contribution in [-0.2, 0) is 0 Å². The zero-order valence-corrected chi connectivity index (χ0v) is 15.4. The van der Waals surface area contributed by atoms with Crippen LogP contribution in [0.3, 0.4) is 0 Å². The Morgan fingerprint density at radius 1 is 1.18 bits per heavy atom. The molecular formula is C12H15Br3OS. The Morgan fingerprint density at radius 2 is 1.71 bits per heavy atom. The van der Waals surface area contributed by atoms with Crippen LogP contribution in [0.2, 0.25) is 0 Å². The lowest BCUT2D eigenvalue weighted by Gasteiger charge is -2.20. The summed E-state index contributed by atoms with van der Waals surface area (Å²) in [6.07, 6.45) is 0. The van der Waals surface area contributed by atoms with Gasteiger partial charge in [0, 0.05) is 10.4 Å². The highest BCUT2D eigenvalue weighted by Crippen LogP contribution is 2.36. The predicted octanol–water partition coefficient (Wildman–Crippen LogP) is 5.55. The van der Waals surface area contributed by atoms with Gasteiger partial charge in [0.25, 0.3) is 0 Å². The fourth-order valence-electron chi connectivity index (χ4n) is 1.31. The zero-order valence-electron chi connectivity index (χ0n) is 9.71. The maximum Gasteiger partial charge on any atom is 0.147 e. The van der Waals surface area contributed by atoms with Crippen molar-refractivity contribution in [3.05, 3.63) is 25.6 Å². The molecule has 0 aliphatic rings. The van der Waals surface area contributed by atoms with Crippen LogP contribution in [0.5, 0.6) is 5.75 Å². The highest BCUT2D eigenvalue weighted by molar-refractivity contribution is 9.11. The van der Waals surface area contributed by atoms with Crippen molar-refractivity contribution in [1.82, 2.24) is 0 Å². The van der Waals surface area contributed by atoms with E-state index in [2.05, 4.69) is 74.3 Å². The van der Waals surface area contributed by atoms with Crippen molar-refractivity contribution in [2.24, 2.45) is 11.8 Å². The van der Waals surface area contributed by atoms with Crippen molar-refractivity contribution < 1.29 is 4.74 Å². The Kier molecular flexibility index (Phi) is 6.92. The summed E-state index contributed by atoms with van der Waals surface area (Å²) in [4.78, 5) is 0. The molecule has 0 amide bonds. The van der Waals surface area contributed by atoms with Gasteiger partial charge in [-0.05, 0) is 55.7 Å². The van der Waals surface area contributed by atoms with Gasteiger partial charge in [0.2, 0.25) is 0 Å². The van der Waals surface area contributed by atoms with E-state index in [1.807, 2.05) is 12.1 Å². The van der Waals surface area contributed by atoms with Crippen LogP contribution in [0.15, 0.2) is 25.6 Å². The minimum atomic E-state index is 0.459. The largest absolute Gasteiger partial charge is 0.491 e. The predicted molar refractivity (Wildman–Crippen MR) is 87.2 cm³/mol. The third kappa shape index (κ3) is 4.77. The van der Waals surface area contributed by atoms with E-state index >= 15 is 0 Å². The van der Waals surface area contributed by atoms with Gasteiger partial charge in [-0.3, -0.25) is 0 Å². The molecule has 1 nitrogen and oxygen atoms in total. The Labute approximate surface area is 133 Å². The van der Waals surface area contributed by atoms with Crippen LogP contribution in [0, 0.1) is 11.8 Å². The second-order valence-corrected chi connectivity index (χ2v) is 7.19. The number of benzene rings is 1. The highest BCUT2D eigenvalue weighted by atomic mass is 79.9. The Morgan fingerprint density at radius 3 is 2.12 bits per heavy atom. The van der Waals surface area contributed by atoms with Gasteiger partial charge in [-0.1, -0.05) is 29.8 Å². The maximum atomic E-state index is 5.87. The van der Waals surface area contributed by atoms with Crippen LogP contribution in [0.1, 0.15) is 13.8 Å². The summed E-state index contributed by atoms with van der Waals surface area (Å²) in [5, 5.41) is 0. The minimum absolute atomic E-state index is 0.459. The molecule has 1 aromatic carbocycles. The second-order valence-electron chi connectivity index (χ2n) is 4.20. The zero-order chi connectivity index (χ0) is 13.0. The standard InChI is InChI=1S/C12H15Br3OS/c1-7(2)8(6-17)5-16-12-10(14)3-9(13)4-11(12)15/h3-4,7-8,17H,5-6H2,1-2H3. The summed E-state index contributed by atoms with van der Waals surface area (Å²) in [6, 6.07) is 3.95. The Bertz CT molecular complexity index is 359. The molecule has 17 heavy (non-hydrogen) atoms. The molecule has 0 aliphatic heterocycles. The smallest absolute Gasteiger partial charge is 0.147 e. The Hall–Kier alpha value is 0.810. The first-order valence-corrected chi connectivity index (χ1v) is 8.35. The molecule has 0 bridgehead atoms. The third-order valence-electron chi connectivity index (χ3n) is 2.58. The van der Waals surface area contributed by atoms with Crippen molar-refractivity contribution in [2.45, 2.75) is 13.8 Å². The molecule has 0 heterocycles. The monoisotopic (exact) mass is 444 g/mol. The average Bonchev–Trinajstić information content (AvgIpc) is 2.21. The van der Waals surface area contributed by atoms with Gasteiger partial charge in [0.1, 0.15) is 5.75 Å². The molecule has 1 rings (SSSR count). The topological polar surface area (TPSA) is 9.23 Å². The summed E-state index contributed by atoms with van der Waals surface area (Å²) in [7, 11) is 0. The summed E-state index contributed by atoms with van der Waals surface area (Å²) in [5.41, 5.74) is 0. The van der Waals surface area contributed by atoms with Crippen LogP contribution < -0.4 is 4.74 Å². The Balaban J connectivity index is 2.75. The molecule has 1 aromatic rings. The molecule has 0 aromatic heterocycles. The summed E-state index contributed by atoms with van der Waals surface area (Å²) < 4.78 is 8.78. The average molecular weight is 447 g/mol. The molecule has 1 unspecified atom stereocenters. The molecule has 0 radical (unpaired) electrons. The van der Waals surface area contributed by atoms with Crippen molar-refractivity contribution in [1.29, 1.82) is 0 Å². The molecule has 0 spiro atoms. The third-order valence-corrected chi connectivity index (χ3v) is 4.69. The SMILES string of the molecule is CC(C)C(CS)COc1c(Br)cc(Br)cc1Br. The summed E-state index contributed by atoms with van der Waals surface area (Å²) >= 11 is 14.8. The van der Waals surface area contributed by atoms with Gasteiger partial charge in [-0.15, -0.1) is 0 Å². The van der Waals surface area contributed by atoms with E-state index < -0.39 is 0 Å². The summed E-state index contributed by atoms with van der Waals surface area (Å²) in [5.74, 6) is 2.71. The first-order chi connectivity index (χ1) is 7.95. The first kappa shape index (κ1) is 15.9. The molecule has 0 saturated heterocycles. The number of thiol groups is 1. The molecule has 96 valence electrons. The van der Waals surface area contributed by atoms with Gasteiger partial charge >= 0.3 is 0 Å². The lowest BCUT2D eigenvalue weighted by molar-refractivity contribution is 0.224. The lowest BCUT2D eigenvalue weighted by atomic mass is 9.99. The van der Waals surface area contributed by atoms with E-state index in [0.29, 0.717) is 18.4 Å². The number of rotatable bonds is 5. The number of hydrogen-bond donors (Lipinski definition) is 1. The molecule has 0 aliphatic carbocycles. The van der Waals surface area contributed by atoms with Crippen LogP contribution >= 0.6 is 60.4 Å². The van der Waals surface area contributed by atoms with Crippen molar-refractivity contribution in [3.8, 4) is 5.75 Å². The van der Waals surface area contributed by atoms with Gasteiger partial charge in [0.05, 0.1) is 15.6 Å². The van der Waals surface area contributed by atoms with Crippen LogP contribution in [-0.4, -0.2) is 12.4 Å². The van der Waals surface area contributed by atoms with Crippen LogP contribution in [0.25, 0.3) is 0 Å². The highest BCUT2D eigenvalue weighted by Gasteiger charge is 2.15. The van der Waals surface area contributed by atoms with E-state index in [4.69, 9.17) is 4.74 Å². The fraction of sp³-hybridized carbons (Fsp3) is 0.500. The van der Waals surface area contributed by atoms with Crippen molar-refractivity contribution >= 4 is 60.4 Å². The first-order valence-electron chi connectivity index (χ1n) is 5.34. The molecule has 0 N–H and O–H groups in total. The van der Waals surface area contributed by atoms with Gasteiger partial charge < -0.3 is 4.74 Å². The molecule has 1 atom stereocenters. The molecular weight excluding hydrogens is 432 g/mol. The second kappa shape index (κ2) is 7.41. The van der Waals surface area contributed by atoms with Gasteiger partial charge in [-0.2, -0.15) is 12.6 Å².